The monoisotopic (exact) mass is 439 g/mol. The van der Waals surface area contributed by atoms with Gasteiger partial charge >= 0.3 is 0 Å². The van der Waals surface area contributed by atoms with E-state index in [4.69, 9.17) is 4.74 Å². The number of hydrogen-bond acceptors (Lipinski definition) is 5. The summed E-state index contributed by atoms with van der Waals surface area (Å²) in [5, 5.41) is 13.8. The molecule has 0 saturated carbocycles. The molecule has 2 aliphatic rings. The maximum absolute atomic E-state index is 13.1. The standard InChI is InChI=1S/C21H25N3O3.2ClH/c25-19-12-17(16-4-2-7-23-13-16)11-18-14-24(9-10-27-20(18)19)21(26)15-3-1-6-22-8-5-15;;/h2,4,7,11-13,15,22,25H,1,3,5-6,8-10,14H2;2*1H. The second-order valence-corrected chi connectivity index (χ2v) is 7.21. The number of benzene rings is 1. The Morgan fingerprint density at radius 1 is 1.21 bits per heavy atom. The summed E-state index contributed by atoms with van der Waals surface area (Å²) in [6.45, 7) is 3.27. The largest absolute Gasteiger partial charge is 0.504 e. The van der Waals surface area contributed by atoms with Crippen LogP contribution in [0.4, 0.5) is 0 Å². The second-order valence-electron chi connectivity index (χ2n) is 7.21. The summed E-state index contributed by atoms with van der Waals surface area (Å²) in [6.07, 6.45) is 6.32. The van der Waals surface area contributed by atoms with E-state index < -0.39 is 0 Å². The molecule has 0 radical (unpaired) electrons. The van der Waals surface area contributed by atoms with Gasteiger partial charge in [0.15, 0.2) is 11.5 Å². The minimum absolute atomic E-state index is 0. The van der Waals surface area contributed by atoms with E-state index in [1.807, 2.05) is 23.1 Å². The highest BCUT2D eigenvalue weighted by atomic mass is 35.5. The maximum atomic E-state index is 13.1. The molecule has 1 aromatic carbocycles. The Kier molecular flexibility index (Phi) is 8.56. The van der Waals surface area contributed by atoms with Crippen molar-refractivity contribution in [2.24, 2.45) is 5.92 Å². The number of pyridine rings is 1. The Bertz CT molecular complexity index is 812. The third-order valence-corrected chi connectivity index (χ3v) is 5.35. The quantitative estimate of drug-likeness (QED) is 0.749. The van der Waals surface area contributed by atoms with Gasteiger partial charge in [0.05, 0.1) is 6.54 Å². The summed E-state index contributed by atoms with van der Waals surface area (Å²) in [6, 6.07) is 7.51. The van der Waals surface area contributed by atoms with Crippen LogP contribution in [0.1, 0.15) is 24.8 Å². The van der Waals surface area contributed by atoms with Crippen molar-refractivity contribution in [3.8, 4) is 22.6 Å². The predicted octanol–water partition coefficient (Wildman–Crippen LogP) is 3.41. The molecule has 1 amide bonds. The fourth-order valence-corrected chi connectivity index (χ4v) is 3.91. The van der Waals surface area contributed by atoms with Gasteiger partial charge in [0.1, 0.15) is 6.61 Å². The van der Waals surface area contributed by atoms with Gasteiger partial charge in [0, 0.05) is 36.0 Å². The Morgan fingerprint density at radius 3 is 2.86 bits per heavy atom. The van der Waals surface area contributed by atoms with Gasteiger partial charge in [-0.25, -0.2) is 0 Å². The number of ether oxygens (including phenoxy) is 1. The van der Waals surface area contributed by atoms with Crippen LogP contribution in [-0.2, 0) is 11.3 Å². The van der Waals surface area contributed by atoms with Gasteiger partial charge in [0.25, 0.3) is 0 Å². The van der Waals surface area contributed by atoms with E-state index in [1.165, 1.54) is 0 Å². The number of rotatable bonds is 2. The number of aromatic nitrogens is 1. The number of nitrogens with zero attached hydrogens (tertiary/aromatic N) is 2. The lowest BCUT2D eigenvalue weighted by atomic mass is 9.98. The molecule has 1 unspecified atom stereocenters. The summed E-state index contributed by atoms with van der Waals surface area (Å²) in [5.41, 5.74) is 2.63. The van der Waals surface area contributed by atoms with Gasteiger partial charge < -0.3 is 20.1 Å². The first-order valence-electron chi connectivity index (χ1n) is 9.61. The number of hydrogen-bond donors (Lipinski definition) is 2. The summed E-state index contributed by atoms with van der Waals surface area (Å²) in [4.78, 5) is 19.1. The number of carbonyl (C=O) groups excluding carboxylic acids is 1. The zero-order chi connectivity index (χ0) is 18.6. The van der Waals surface area contributed by atoms with Crippen molar-refractivity contribution in [1.82, 2.24) is 15.2 Å². The number of phenolic OH excluding ortho intramolecular Hbond substituents is 1. The van der Waals surface area contributed by atoms with Gasteiger partial charge in [0.2, 0.25) is 5.91 Å². The average Bonchev–Trinajstić information content (AvgIpc) is 3.09. The number of halogens is 2. The summed E-state index contributed by atoms with van der Waals surface area (Å²) in [7, 11) is 0. The summed E-state index contributed by atoms with van der Waals surface area (Å²) >= 11 is 0. The number of carbonyl (C=O) groups is 1. The van der Waals surface area contributed by atoms with Crippen molar-refractivity contribution in [1.29, 1.82) is 0 Å². The first-order chi connectivity index (χ1) is 13.2. The maximum Gasteiger partial charge on any atom is 0.226 e. The van der Waals surface area contributed by atoms with E-state index >= 15 is 0 Å². The van der Waals surface area contributed by atoms with Crippen LogP contribution >= 0.6 is 24.8 Å². The van der Waals surface area contributed by atoms with E-state index in [2.05, 4.69) is 10.3 Å². The highest BCUT2D eigenvalue weighted by Crippen LogP contribution is 2.37. The second kappa shape index (κ2) is 10.7. The molecule has 29 heavy (non-hydrogen) atoms. The van der Waals surface area contributed by atoms with Gasteiger partial charge in [-0.3, -0.25) is 9.78 Å². The molecule has 0 spiro atoms. The fourth-order valence-electron chi connectivity index (χ4n) is 3.91. The normalized spacial score (nSPS) is 18.8. The Balaban J connectivity index is 0.00000150. The Morgan fingerprint density at radius 2 is 2.07 bits per heavy atom. The number of phenols is 1. The highest BCUT2D eigenvalue weighted by molar-refractivity contribution is 5.85. The number of fused-ring (bicyclic) bond motifs is 1. The SMILES string of the molecule is Cl.Cl.O=C(C1CCCNCC1)N1CCOc2c(O)cc(-c3cccnc3)cc2C1. The van der Waals surface area contributed by atoms with Gasteiger partial charge in [-0.05, 0) is 56.1 Å². The number of amides is 1. The minimum atomic E-state index is 0. The lowest BCUT2D eigenvalue weighted by Crippen LogP contribution is -2.37. The molecule has 158 valence electrons. The molecule has 6 nitrogen and oxygen atoms in total. The molecule has 1 aromatic heterocycles. The van der Waals surface area contributed by atoms with Crippen molar-refractivity contribution in [2.45, 2.75) is 25.8 Å². The van der Waals surface area contributed by atoms with Crippen LogP contribution in [0.15, 0.2) is 36.7 Å². The van der Waals surface area contributed by atoms with E-state index in [1.54, 1.807) is 18.5 Å². The molecule has 8 heteroatoms. The molecule has 4 rings (SSSR count). The van der Waals surface area contributed by atoms with E-state index in [9.17, 15) is 9.90 Å². The average molecular weight is 440 g/mol. The lowest BCUT2D eigenvalue weighted by Gasteiger charge is -2.25. The molecule has 1 saturated heterocycles. The molecule has 2 aliphatic heterocycles. The lowest BCUT2D eigenvalue weighted by molar-refractivity contribution is -0.136. The van der Waals surface area contributed by atoms with Crippen LogP contribution in [0.5, 0.6) is 11.5 Å². The third-order valence-electron chi connectivity index (χ3n) is 5.35. The number of aromatic hydroxyl groups is 1. The molecule has 3 heterocycles. The van der Waals surface area contributed by atoms with E-state index in [0.717, 1.165) is 49.0 Å². The minimum Gasteiger partial charge on any atom is -0.504 e. The van der Waals surface area contributed by atoms with E-state index in [0.29, 0.717) is 25.4 Å². The van der Waals surface area contributed by atoms with Crippen molar-refractivity contribution in [2.75, 3.05) is 26.2 Å². The smallest absolute Gasteiger partial charge is 0.226 e. The van der Waals surface area contributed by atoms with Crippen LogP contribution in [0.2, 0.25) is 0 Å². The van der Waals surface area contributed by atoms with Crippen molar-refractivity contribution >= 4 is 30.7 Å². The topological polar surface area (TPSA) is 74.7 Å². The number of nitrogens with one attached hydrogen (secondary N) is 1. The summed E-state index contributed by atoms with van der Waals surface area (Å²) < 4.78 is 5.79. The molecule has 2 N–H and O–H groups in total. The van der Waals surface area contributed by atoms with Crippen LogP contribution < -0.4 is 10.1 Å². The third kappa shape index (κ3) is 5.32. The zero-order valence-electron chi connectivity index (χ0n) is 16.2. The van der Waals surface area contributed by atoms with Crippen LogP contribution in [-0.4, -0.2) is 47.1 Å². The Hall–Kier alpha value is -2.02. The molecule has 1 fully saturated rings. The molecule has 0 bridgehead atoms. The van der Waals surface area contributed by atoms with Crippen molar-refractivity contribution in [3.63, 3.8) is 0 Å². The molecule has 1 atom stereocenters. The van der Waals surface area contributed by atoms with Crippen LogP contribution in [0, 0.1) is 5.92 Å². The van der Waals surface area contributed by atoms with Gasteiger partial charge in [-0.1, -0.05) is 6.07 Å². The fraction of sp³-hybridized carbons (Fsp3) is 0.429. The van der Waals surface area contributed by atoms with Crippen LogP contribution in [0.3, 0.4) is 0 Å². The highest BCUT2D eigenvalue weighted by Gasteiger charge is 2.28. The molecular formula is C21H27Cl2N3O3. The zero-order valence-corrected chi connectivity index (χ0v) is 17.8. The molecule has 2 aromatic rings. The van der Waals surface area contributed by atoms with E-state index in [-0.39, 0.29) is 42.4 Å². The van der Waals surface area contributed by atoms with Crippen molar-refractivity contribution in [3.05, 3.63) is 42.2 Å². The van der Waals surface area contributed by atoms with Crippen LogP contribution in [0.25, 0.3) is 11.1 Å². The first-order valence-corrected chi connectivity index (χ1v) is 9.61. The molecule has 0 aliphatic carbocycles. The first kappa shape index (κ1) is 23.3. The van der Waals surface area contributed by atoms with Gasteiger partial charge in [-0.2, -0.15) is 0 Å². The van der Waals surface area contributed by atoms with Gasteiger partial charge in [-0.15, -0.1) is 24.8 Å². The van der Waals surface area contributed by atoms with Crippen molar-refractivity contribution < 1.29 is 14.6 Å². The Labute approximate surface area is 183 Å². The predicted molar refractivity (Wildman–Crippen MR) is 117 cm³/mol. The summed E-state index contributed by atoms with van der Waals surface area (Å²) in [5.74, 6) is 0.859. The molecular weight excluding hydrogens is 413 g/mol.